The predicted molar refractivity (Wildman–Crippen MR) is 317 cm³/mol. The Balaban J connectivity index is 0.000000158. The van der Waals surface area contributed by atoms with Gasteiger partial charge in [0.1, 0.15) is 21.4 Å². The average molecular weight is 1100 g/mol. The number of rotatable bonds is 9. The molecular formula is C64H50N10O5S2. The Labute approximate surface area is 472 Å². The van der Waals surface area contributed by atoms with Crippen LogP contribution in [0, 0.1) is 0 Å². The van der Waals surface area contributed by atoms with Crippen molar-refractivity contribution in [1.82, 2.24) is 40.0 Å². The Bertz CT molecular complexity index is 4320. The number of amides is 2. The average Bonchev–Trinajstić information content (AvgIpc) is 4.54. The lowest BCUT2D eigenvalue weighted by atomic mass is 9.90. The SMILES string of the molecule is CC1=C(c2ccc3nc(CN)sc3c2)C(=O)n2nc(-c3ccccc3)c(-c3ccccc3)c2C1.CC1=C(c2ccc3nc(CN4C(=O)c5ccccc5C4=O)sc3c2)C(=O)n2nc(-c3ccccc3)c(-c3ccccc3)c2C1.NNO. The van der Waals surface area contributed by atoms with E-state index in [4.69, 9.17) is 26.1 Å². The van der Waals surface area contributed by atoms with Crippen LogP contribution in [0.5, 0.6) is 0 Å². The molecule has 0 spiro atoms. The Morgan fingerprint density at radius 3 is 1.27 bits per heavy atom. The summed E-state index contributed by atoms with van der Waals surface area (Å²) in [7, 11) is 0. The van der Waals surface area contributed by atoms with E-state index < -0.39 is 0 Å². The molecule has 0 radical (unpaired) electrons. The summed E-state index contributed by atoms with van der Waals surface area (Å²) in [6, 6.07) is 59.0. The number of thiazole rings is 2. The molecule has 3 aliphatic rings. The van der Waals surface area contributed by atoms with Gasteiger partial charge in [0, 0.05) is 52.8 Å². The van der Waals surface area contributed by atoms with Crippen molar-refractivity contribution in [1.29, 1.82) is 0 Å². The van der Waals surface area contributed by atoms with E-state index in [2.05, 4.69) is 35.1 Å². The minimum Gasteiger partial charge on any atom is -0.325 e. The van der Waals surface area contributed by atoms with Crippen molar-refractivity contribution in [3.63, 3.8) is 0 Å². The third-order valence-corrected chi connectivity index (χ3v) is 16.5. The van der Waals surface area contributed by atoms with Gasteiger partial charge in [-0.1, -0.05) is 157 Å². The molecule has 3 aliphatic heterocycles. The highest BCUT2D eigenvalue weighted by Crippen LogP contribution is 2.43. The number of hydrazine groups is 1. The van der Waals surface area contributed by atoms with Crippen molar-refractivity contribution >= 4 is 77.9 Å². The van der Waals surface area contributed by atoms with Crippen molar-refractivity contribution in [3.05, 3.63) is 237 Å². The van der Waals surface area contributed by atoms with E-state index in [9.17, 15) is 19.2 Å². The van der Waals surface area contributed by atoms with Gasteiger partial charge in [-0.2, -0.15) is 19.6 Å². The predicted octanol–water partition coefficient (Wildman–Crippen LogP) is 12.1. The number of hydrogen-bond donors (Lipinski definition) is 4. The van der Waals surface area contributed by atoms with Gasteiger partial charge in [-0.3, -0.25) is 24.1 Å². The topological polar surface area (TPSA) is 217 Å². The maximum Gasteiger partial charge on any atom is 0.279 e. The molecule has 398 valence electrons. The number of allylic oxidation sites excluding steroid dienone is 4. The van der Waals surface area contributed by atoms with Gasteiger partial charge in [-0.25, -0.2) is 15.8 Å². The van der Waals surface area contributed by atoms with Crippen LogP contribution < -0.4 is 17.2 Å². The second kappa shape index (κ2) is 22.0. The summed E-state index contributed by atoms with van der Waals surface area (Å²) in [5, 5.41) is 18.4. The van der Waals surface area contributed by atoms with Crippen LogP contribution in [0.4, 0.5) is 0 Å². The van der Waals surface area contributed by atoms with Crippen LogP contribution in [0.1, 0.15) is 76.7 Å². The van der Waals surface area contributed by atoms with Crippen LogP contribution in [0.15, 0.2) is 193 Å². The van der Waals surface area contributed by atoms with Crippen molar-refractivity contribution in [2.75, 3.05) is 0 Å². The van der Waals surface area contributed by atoms with Gasteiger partial charge < -0.3 is 10.9 Å². The fourth-order valence-electron chi connectivity index (χ4n) is 10.9. The van der Waals surface area contributed by atoms with Crippen molar-refractivity contribution in [3.8, 4) is 44.8 Å². The number of imide groups is 1. The van der Waals surface area contributed by atoms with Crippen LogP contribution in [-0.4, -0.2) is 63.3 Å². The van der Waals surface area contributed by atoms with E-state index in [0.717, 1.165) is 104 Å². The van der Waals surface area contributed by atoms with Crippen LogP contribution >= 0.6 is 22.7 Å². The van der Waals surface area contributed by atoms with Crippen LogP contribution in [0.3, 0.4) is 0 Å². The third-order valence-electron chi connectivity index (χ3n) is 14.5. The molecule has 7 heterocycles. The summed E-state index contributed by atoms with van der Waals surface area (Å²) in [6.45, 7) is 4.56. The first-order valence-corrected chi connectivity index (χ1v) is 27.7. The maximum atomic E-state index is 14.2. The molecule has 17 heteroatoms. The van der Waals surface area contributed by atoms with E-state index in [1.165, 1.54) is 21.8 Å². The lowest BCUT2D eigenvalue weighted by Crippen LogP contribution is -2.28. The summed E-state index contributed by atoms with van der Waals surface area (Å²) >= 11 is 2.99. The molecule has 15 nitrogen and oxygen atoms in total. The molecule has 0 fully saturated rings. The molecule has 11 aromatic rings. The molecule has 7 aromatic carbocycles. The lowest BCUT2D eigenvalue weighted by molar-refractivity contribution is 0.0641. The first kappa shape index (κ1) is 52.3. The molecular weight excluding hydrogens is 1050 g/mol. The Morgan fingerprint density at radius 1 is 0.494 bits per heavy atom. The second-order valence-electron chi connectivity index (χ2n) is 19.6. The van der Waals surface area contributed by atoms with Crippen molar-refractivity contribution in [2.45, 2.75) is 39.8 Å². The molecule has 6 N–H and O–H groups in total. The summed E-state index contributed by atoms with van der Waals surface area (Å²) in [4.78, 5) is 64.3. The van der Waals surface area contributed by atoms with Crippen LogP contribution in [0.25, 0.3) is 76.3 Å². The summed E-state index contributed by atoms with van der Waals surface area (Å²) < 4.78 is 5.09. The normalized spacial score (nSPS) is 13.8. The van der Waals surface area contributed by atoms with Gasteiger partial charge in [0.25, 0.3) is 23.6 Å². The first-order chi connectivity index (χ1) is 39.5. The van der Waals surface area contributed by atoms with E-state index in [1.54, 1.807) is 45.0 Å². The number of aromatic nitrogens is 6. The number of carbonyl (C=O) groups is 4. The zero-order valence-electron chi connectivity index (χ0n) is 43.8. The number of benzene rings is 7. The zero-order valence-corrected chi connectivity index (χ0v) is 45.5. The number of hydrogen-bond acceptors (Lipinski definition) is 14. The lowest BCUT2D eigenvalue weighted by Gasteiger charge is -2.20. The van der Waals surface area contributed by atoms with E-state index in [1.807, 2.05) is 147 Å². The minimum absolute atomic E-state index is 0.0963. The second-order valence-corrected chi connectivity index (χ2v) is 21.8. The quantitative estimate of drug-likeness (QED) is 0.0603. The number of nitrogens with two attached hydrogens (primary N) is 2. The van der Waals surface area contributed by atoms with Gasteiger partial charge in [-0.05, 0) is 72.5 Å². The highest BCUT2D eigenvalue weighted by atomic mass is 32.1. The number of carbonyl (C=O) groups excluding carboxylic acids is 4. The highest BCUT2D eigenvalue weighted by molar-refractivity contribution is 7.18. The molecule has 0 bridgehead atoms. The van der Waals surface area contributed by atoms with Crippen LogP contribution in [0.2, 0.25) is 0 Å². The molecule has 0 saturated carbocycles. The molecule has 0 aliphatic carbocycles. The number of nitrogens with zero attached hydrogens (tertiary/aromatic N) is 7. The van der Waals surface area contributed by atoms with Gasteiger partial charge in [0.15, 0.2) is 0 Å². The number of nitrogens with one attached hydrogen (secondary N) is 1. The minimum atomic E-state index is -0.307. The Hall–Kier alpha value is -9.46. The fraction of sp³-hybridized carbons (Fsp3) is 0.0938. The highest BCUT2D eigenvalue weighted by Gasteiger charge is 2.37. The summed E-state index contributed by atoms with van der Waals surface area (Å²) in [5.74, 6) is 3.28. The van der Waals surface area contributed by atoms with Crippen molar-refractivity contribution < 1.29 is 24.4 Å². The van der Waals surface area contributed by atoms with Gasteiger partial charge in [-0.15, -0.1) is 28.3 Å². The van der Waals surface area contributed by atoms with Gasteiger partial charge in [0.2, 0.25) is 0 Å². The van der Waals surface area contributed by atoms with Crippen molar-refractivity contribution in [2.24, 2.45) is 11.6 Å². The zero-order chi connectivity index (χ0) is 55.9. The molecule has 0 saturated heterocycles. The van der Waals surface area contributed by atoms with Gasteiger partial charge in [0.05, 0.1) is 49.5 Å². The molecule has 2 amide bonds. The molecule has 81 heavy (non-hydrogen) atoms. The van der Waals surface area contributed by atoms with E-state index in [-0.39, 0.29) is 30.2 Å². The van der Waals surface area contributed by atoms with E-state index >= 15 is 0 Å². The summed E-state index contributed by atoms with van der Waals surface area (Å²) in [5.41, 5.74) is 24.0. The van der Waals surface area contributed by atoms with Crippen LogP contribution in [-0.2, 0) is 25.9 Å². The molecule has 4 aromatic heterocycles. The molecule has 14 rings (SSSR count). The molecule has 0 atom stereocenters. The molecule has 0 unspecified atom stereocenters. The summed E-state index contributed by atoms with van der Waals surface area (Å²) in [6.07, 6.45) is 1.23. The third kappa shape index (κ3) is 9.63. The number of fused-ring (bicyclic) bond motifs is 5. The van der Waals surface area contributed by atoms with Gasteiger partial charge >= 0.3 is 0 Å². The Kier molecular flexibility index (Phi) is 14.2. The fourth-order valence-corrected chi connectivity index (χ4v) is 12.8. The monoisotopic (exact) mass is 1100 g/mol. The standard InChI is InChI=1S/C36H24N4O3S.C28H22N4OS.H4N2O/c1-21-18-28-32(22-10-4-2-5-11-22)33(23-12-6-3-7-13-23)38-40(28)36(43)31(21)24-16-17-27-29(19-24)44-30(37-27)20-39-34(41)25-14-8-9-15-26(25)35(39)42;1-17-14-22-26(18-8-4-2-5-9-18)27(19-10-6-3-7-11-19)31-32(22)28(33)25(17)20-12-13-21-23(15-20)34-24(16-29)30-21;1-2-3/h2-17,19H,18,20H2,1H3;2-13,15H,14,16,29H2,1H3;2-3H,1H2. The Morgan fingerprint density at radius 2 is 0.864 bits per heavy atom. The largest absolute Gasteiger partial charge is 0.325 e. The van der Waals surface area contributed by atoms with E-state index in [0.29, 0.717) is 46.7 Å². The first-order valence-electron chi connectivity index (χ1n) is 26.0. The maximum absolute atomic E-state index is 14.2. The smallest absolute Gasteiger partial charge is 0.279 e.